The Morgan fingerprint density at radius 1 is 1.19 bits per heavy atom. The molecule has 1 saturated heterocycles. The van der Waals surface area contributed by atoms with E-state index in [-0.39, 0.29) is 11.9 Å². The van der Waals surface area contributed by atoms with Gasteiger partial charge in [0.2, 0.25) is 0 Å². The van der Waals surface area contributed by atoms with Gasteiger partial charge < -0.3 is 19.9 Å². The number of hydrogen-bond acceptors (Lipinski definition) is 3. The van der Waals surface area contributed by atoms with E-state index in [9.17, 15) is 4.79 Å². The largest absolute Gasteiger partial charge is 0.495 e. The molecule has 0 radical (unpaired) electrons. The van der Waals surface area contributed by atoms with Gasteiger partial charge >= 0.3 is 0 Å². The average Bonchev–Trinajstić information content (AvgIpc) is 2.68. The number of nitrogens with zero attached hydrogens (tertiary/aromatic N) is 1. The summed E-state index contributed by atoms with van der Waals surface area (Å²) in [4.78, 5) is 16.4. The van der Waals surface area contributed by atoms with Crippen LogP contribution in [0.25, 0.3) is 0 Å². The molecule has 5 nitrogen and oxygen atoms in total. The Hall–Kier alpha value is -2.24. The van der Waals surface area contributed by atoms with Crippen molar-refractivity contribution in [1.29, 1.82) is 0 Å². The Labute approximate surface area is 159 Å². The third-order valence-corrected chi connectivity index (χ3v) is 5.19. The molecule has 3 rings (SSSR count). The number of halogens is 1. The molecule has 0 aliphatic carbocycles. The minimum absolute atomic E-state index is 0.0197. The van der Waals surface area contributed by atoms with Crippen LogP contribution < -0.4 is 19.9 Å². The second-order valence-corrected chi connectivity index (χ2v) is 6.97. The van der Waals surface area contributed by atoms with Crippen molar-refractivity contribution in [2.24, 2.45) is 0 Å². The van der Waals surface area contributed by atoms with Crippen molar-refractivity contribution in [2.45, 2.75) is 13.0 Å². The molecule has 1 fully saturated rings. The van der Waals surface area contributed by atoms with Crippen LogP contribution in [0.1, 0.15) is 6.92 Å². The highest BCUT2D eigenvalue weighted by Crippen LogP contribution is 2.27. The van der Waals surface area contributed by atoms with E-state index in [1.165, 1.54) is 10.6 Å². The summed E-state index contributed by atoms with van der Waals surface area (Å²) in [5.41, 5.74) is 1.85. The molecule has 26 heavy (non-hydrogen) atoms. The fraction of sp³-hybridized carbons (Fsp3) is 0.350. The minimum atomic E-state index is -0.142. The van der Waals surface area contributed by atoms with Gasteiger partial charge in [-0.15, -0.1) is 0 Å². The molecule has 0 unspecified atom stereocenters. The van der Waals surface area contributed by atoms with Crippen LogP contribution in [-0.2, 0) is 4.79 Å². The van der Waals surface area contributed by atoms with Crippen molar-refractivity contribution in [3.63, 3.8) is 0 Å². The summed E-state index contributed by atoms with van der Waals surface area (Å²) in [6.45, 7) is 5.71. The van der Waals surface area contributed by atoms with Crippen LogP contribution in [0.3, 0.4) is 0 Å². The molecule has 2 aromatic rings. The lowest BCUT2D eigenvalue weighted by Crippen LogP contribution is -3.19. The number of anilines is 2. The molecule has 2 N–H and O–H groups in total. The molecule has 1 aliphatic rings. The lowest BCUT2D eigenvalue weighted by atomic mass is 10.2. The van der Waals surface area contributed by atoms with Gasteiger partial charge in [-0.1, -0.05) is 29.8 Å². The maximum absolute atomic E-state index is 12.7. The zero-order valence-electron chi connectivity index (χ0n) is 15.2. The van der Waals surface area contributed by atoms with E-state index in [2.05, 4.69) is 34.5 Å². The fourth-order valence-corrected chi connectivity index (χ4v) is 3.50. The maximum atomic E-state index is 12.7. The normalized spacial score (nSPS) is 16.2. The van der Waals surface area contributed by atoms with Gasteiger partial charge in [-0.25, -0.2) is 0 Å². The predicted molar refractivity (Wildman–Crippen MR) is 105 cm³/mol. The van der Waals surface area contributed by atoms with E-state index in [4.69, 9.17) is 16.3 Å². The third-order valence-electron chi connectivity index (χ3n) is 4.95. The first kappa shape index (κ1) is 18.5. The first-order valence-electron chi connectivity index (χ1n) is 8.87. The average molecular weight is 375 g/mol. The van der Waals surface area contributed by atoms with Gasteiger partial charge in [-0.2, -0.15) is 0 Å². The molecule has 2 aromatic carbocycles. The topological polar surface area (TPSA) is 46.0 Å². The number of benzene rings is 2. The van der Waals surface area contributed by atoms with Crippen LogP contribution in [0.2, 0.25) is 5.02 Å². The van der Waals surface area contributed by atoms with Crippen LogP contribution in [0, 0.1) is 0 Å². The summed E-state index contributed by atoms with van der Waals surface area (Å²) < 4.78 is 5.30. The quantitative estimate of drug-likeness (QED) is 0.842. The standard InChI is InChI=1S/C20H24ClN3O2/c1-15(20(25)22-18-14-16(21)8-9-19(18)26-2)23-10-12-24(13-11-23)17-6-4-3-5-7-17/h3-9,14-15H,10-13H2,1-2H3,(H,22,25)/p+1/t15-/m1/s1. The van der Waals surface area contributed by atoms with Crippen LogP contribution in [0.15, 0.2) is 48.5 Å². The smallest absolute Gasteiger partial charge is 0.282 e. The Morgan fingerprint density at radius 3 is 2.54 bits per heavy atom. The van der Waals surface area contributed by atoms with E-state index in [0.29, 0.717) is 16.5 Å². The Balaban J connectivity index is 1.59. The van der Waals surface area contributed by atoms with Crippen molar-refractivity contribution in [1.82, 2.24) is 0 Å². The van der Waals surface area contributed by atoms with Crippen molar-refractivity contribution < 1.29 is 14.4 Å². The van der Waals surface area contributed by atoms with Crippen LogP contribution in [0.5, 0.6) is 5.75 Å². The Morgan fingerprint density at radius 2 is 1.88 bits per heavy atom. The Kier molecular flexibility index (Phi) is 6.01. The molecule has 0 bridgehead atoms. The number of ether oxygens (including phenoxy) is 1. The molecule has 1 heterocycles. The number of carbonyl (C=O) groups excluding carboxylic acids is 1. The van der Waals surface area contributed by atoms with E-state index in [1.54, 1.807) is 25.3 Å². The first-order chi connectivity index (χ1) is 12.6. The molecule has 6 heteroatoms. The van der Waals surface area contributed by atoms with Crippen molar-refractivity contribution in [3.05, 3.63) is 53.6 Å². The predicted octanol–water partition coefficient (Wildman–Crippen LogP) is 2.08. The van der Waals surface area contributed by atoms with Crippen LogP contribution in [-0.4, -0.2) is 45.2 Å². The summed E-state index contributed by atoms with van der Waals surface area (Å²) in [7, 11) is 1.58. The highest BCUT2D eigenvalue weighted by molar-refractivity contribution is 6.31. The Bertz CT molecular complexity index is 746. The number of methoxy groups -OCH3 is 1. The summed E-state index contributed by atoms with van der Waals surface area (Å²) in [5.74, 6) is 0.590. The number of piperazine rings is 1. The first-order valence-corrected chi connectivity index (χ1v) is 9.25. The fourth-order valence-electron chi connectivity index (χ4n) is 3.33. The second kappa shape index (κ2) is 8.43. The zero-order chi connectivity index (χ0) is 18.5. The van der Waals surface area contributed by atoms with Crippen molar-refractivity contribution >= 4 is 28.9 Å². The molecule has 138 valence electrons. The molecule has 0 spiro atoms. The summed E-state index contributed by atoms with van der Waals surface area (Å²) >= 11 is 6.04. The number of hydrogen-bond donors (Lipinski definition) is 2. The van der Waals surface area contributed by atoms with Crippen molar-refractivity contribution in [3.8, 4) is 5.75 Å². The van der Waals surface area contributed by atoms with Gasteiger partial charge in [0.25, 0.3) is 5.91 Å². The lowest BCUT2D eigenvalue weighted by Gasteiger charge is -2.36. The lowest BCUT2D eigenvalue weighted by molar-refractivity contribution is -0.914. The van der Waals surface area contributed by atoms with Gasteiger partial charge in [0.05, 0.1) is 39.0 Å². The maximum Gasteiger partial charge on any atom is 0.282 e. The van der Waals surface area contributed by atoms with E-state index >= 15 is 0 Å². The van der Waals surface area contributed by atoms with Gasteiger partial charge in [-0.05, 0) is 37.3 Å². The number of quaternary nitrogens is 1. The molecule has 0 saturated carbocycles. The van der Waals surface area contributed by atoms with Gasteiger partial charge in [0.15, 0.2) is 6.04 Å². The molecule has 1 atom stereocenters. The summed E-state index contributed by atoms with van der Waals surface area (Å²) in [6, 6.07) is 15.5. The summed E-state index contributed by atoms with van der Waals surface area (Å²) in [5, 5.41) is 3.53. The summed E-state index contributed by atoms with van der Waals surface area (Å²) in [6.07, 6.45) is 0. The number of rotatable bonds is 5. The number of para-hydroxylation sites is 1. The molecule has 1 aliphatic heterocycles. The number of amides is 1. The van der Waals surface area contributed by atoms with E-state index < -0.39 is 0 Å². The van der Waals surface area contributed by atoms with Crippen LogP contribution in [0.4, 0.5) is 11.4 Å². The molecular weight excluding hydrogens is 350 g/mol. The minimum Gasteiger partial charge on any atom is -0.495 e. The third kappa shape index (κ3) is 4.29. The van der Waals surface area contributed by atoms with Gasteiger partial charge in [-0.3, -0.25) is 4.79 Å². The van der Waals surface area contributed by atoms with E-state index in [0.717, 1.165) is 26.2 Å². The van der Waals surface area contributed by atoms with Crippen LogP contribution >= 0.6 is 11.6 Å². The van der Waals surface area contributed by atoms with Gasteiger partial charge in [0.1, 0.15) is 5.75 Å². The molecular formula is C20H25ClN3O2+. The SMILES string of the molecule is COc1ccc(Cl)cc1NC(=O)[C@@H](C)[NH+]1CCN(c2ccccc2)CC1. The molecule has 1 amide bonds. The highest BCUT2D eigenvalue weighted by Gasteiger charge is 2.29. The zero-order valence-corrected chi connectivity index (χ0v) is 15.9. The second-order valence-electron chi connectivity index (χ2n) is 6.54. The highest BCUT2D eigenvalue weighted by atomic mass is 35.5. The van der Waals surface area contributed by atoms with Gasteiger partial charge in [0, 0.05) is 10.7 Å². The molecule has 0 aromatic heterocycles. The monoisotopic (exact) mass is 374 g/mol. The number of carbonyl (C=O) groups is 1. The number of nitrogens with one attached hydrogen (secondary N) is 2. The van der Waals surface area contributed by atoms with E-state index in [1.807, 2.05) is 13.0 Å². The van der Waals surface area contributed by atoms with Crippen molar-refractivity contribution in [2.75, 3.05) is 43.5 Å².